The topological polar surface area (TPSA) is 96.9 Å². The van der Waals surface area contributed by atoms with Gasteiger partial charge >= 0.3 is 6.61 Å². The van der Waals surface area contributed by atoms with Crippen molar-refractivity contribution in [3.63, 3.8) is 0 Å². The Hall–Kier alpha value is -3.40. The van der Waals surface area contributed by atoms with Crippen molar-refractivity contribution in [3.8, 4) is 22.6 Å². The summed E-state index contributed by atoms with van der Waals surface area (Å²) in [7, 11) is 1.26. The van der Waals surface area contributed by atoms with Gasteiger partial charge in [-0.15, -0.1) is 0 Å². The van der Waals surface area contributed by atoms with E-state index in [0.29, 0.717) is 16.6 Å². The van der Waals surface area contributed by atoms with Gasteiger partial charge in [-0.25, -0.2) is 8.91 Å². The van der Waals surface area contributed by atoms with Gasteiger partial charge in [-0.2, -0.15) is 13.9 Å². The zero-order valence-corrected chi connectivity index (χ0v) is 18.8. The molecule has 1 aliphatic carbocycles. The Morgan fingerprint density at radius 3 is 2.59 bits per heavy atom. The summed E-state index contributed by atoms with van der Waals surface area (Å²) in [6.45, 7) is 0.476. The minimum absolute atomic E-state index is 0.0491. The number of hydrogen-bond acceptors (Lipinski definition) is 6. The summed E-state index contributed by atoms with van der Waals surface area (Å²) in [6.07, 6.45) is 2.06. The van der Waals surface area contributed by atoms with Crippen molar-refractivity contribution in [2.24, 2.45) is 5.92 Å². The molecule has 0 radical (unpaired) electrons. The van der Waals surface area contributed by atoms with E-state index < -0.39 is 41.4 Å². The van der Waals surface area contributed by atoms with Crippen LogP contribution in [0.5, 0.6) is 11.5 Å². The quantitative estimate of drug-likeness (QED) is 0.352. The zero-order valence-electron chi connectivity index (χ0n) is 18.8. The summed E-state index contributed by atoms with van der Waals surface area (Å²) in [6, 6.07) is 6.37. The number of ketones is 1. The van der Waals surface area contributed by atoms with Gasteiger partial charge in [-0.1, -0.05) is 19.9 Å². The fourth-order valence-electron chi connectivity index (χ4n) is 3.78. The fourth-order valence-corrected chi connectivity index (χ4v) is 3.78. The van der Waals surface area contributed by atoms with Crippen LogP contribution in [0, 0.1) is 11.3 Å². The van der Waals surface area contributed by atoms with E-state index in [4.69, 9.17) is 10.1 Å². The summed E-state index contributed by atoms with van der Waals surface area (Å²) >= 11 is 0. The monoisotopic (exact) mass is 475 g/mol. The second-order valence-corrected chi connectivity index (χ2v) is 8.88. The highest BCUT2D eigenvalue weighted by Crippen LogP contribution is 2.41. The molecular formula is C24H24F3N3O4. The molecule has 2 heterocycles. The summed E-state index contributed by atoms with van der Waals surface area (Å²) in [4.78, 5) is 12.9. The van der Waals surface area contributed by atoms with Crippen molar-refractivity contribution in [1.82, 2.24) is 9.61 Å². The van der Waals surface area contributed by atoms with Crippen molar-refractivity contribution in [2.75, 3.05) is 13.7 Å². The van der Waals surface area contributed by atoms with Gasteiger partial charge in [0.25, 0.3) is 0 Å². The van der Waals surface area contributed by atoms with Gasteiger partial charge in [-0.05, 0) is 35.7 Å². The van der Waals surface area contributed by atoms with Crippen LogP contribution in [-0.2, 0) is 5.41 Å². The molecule has 7 nitrogen and oxygen atoms in total. The summed E-state index contributed by atoms with van der Waals surface area (Å²) in [5, 5.41) is 22.0. The maximum Gasteiger partial charge on any atom is 0.387 e. The molecule has 0 aliphatic heterocycles. The van der Waals surface area contributed by atoms with E-state index in [2.05, 4.69) is 9.84 Å². The van der Waals surface area contributed by atoms with Crippen LogP contribution in [0.25, 0.3) is 16.6 Å². The molecule has 34 heavy (non-hydrogen) atoms. The summed E-state index contributed by atoms with van der Waals surface area (Å²) < 4.78 is 51.4. The van der Waals surface area contributed by atoms with E-state index in [1.54, 1.807) is 16.8 Å². The van der Waals surface area contributed by atoms with Gasteiger partial charge in [0.1, 0.15) is 23.2 Å². The first-order chi connectivity index (χ1) is 16.1. The molecule has 1 saturated carbocycles. The molecule has 180 valence electrons. The first kappa shape index (κ1) is 23.7. The second kappa shape index (κ2) is 8.75. The number of carbonyl (C=O) groups is 1. The van der Waals surface area contributed by atoms with Crippen molar-refractivity contribution in [3.05, 3.63) is 47.8 Å². The molecule has 0 spiro atoms. The Bertz CT molecular complexity index is 1270. The van der Waals surface area contributed by atoms with Crippen LogP contribution in [0.15, 0.2) is 36.7 Å². The van der Waals surface area contributed by atoms with Crippen LogP contribution in [0.4, 0.5) is 13.2 Å². The number of fused-ring (bicyclic) bond motifs is 1. The van der Waals surface area contributed by atoms with Gasteiger partial charge < -0.3 is 20.0 Å². The third-order valence-electron chi connectivity index (χ3n) is 6.06. The molecule has 2 atom stereocenters. The molecule has 2 aromatic heterocycles. The van der Waals surface area contributed by atoms with E-state index in [1.807, 2.05) is 19.9 Å². The highest BCUT2D eigenvalue weighted by atomic mass is 19.3. The number of pyridine rings is 1. The standard InChI is InChI=1S/C24H24F3N3O4/c1-24(2,11-31)13-4-5-17-15(9-29-30(17)10-13)12-6-18(33-3)20(19(7-12)34-23(26)27)22(32)21(28)14-8-16(14)25/h4-7,9-10,14,16,23,28,31H,8,11H2,1-3H3/t14-,16+/m1/s1. The molecule has 0 saturated heterocycles. The van der Waals surface area contributed by atoms with E-state index in [9.17, 15) is 23.1 Å². The molecule has 2 N–H and O–H groups in total. The van der Waals surface area contributed by atoms with E-state index >= 15 is 0 Å². The van der Waals surface area contributed by atoms with Crippen LogP contribution in [0.1, 0.15) is 36.2 Å². The number of alkyl halides is 3. The van der Waals surface area contributed by atoms with Gasteiger partial charge in [0.05, 0.1) is 31.1 Å². The number of hydrogen-bond donors (Lipinski definition) is 2. The minimum Gasteiger partial charge on any atom is -0.496 e. The smallest absolute Gasteiger partial charge is 0.387 e. The van der Waals surface area contributed by atoms with E-state index in [0.717, 1.165) is 5.56 Å². The van der Waals surface area contributed by atoms with Gasteiger partial charge in [-0.3, -0.25) is 4.79 Å². The van der Waals surface area contributed by atoms with Crippen LogP contribution >= 0.6 is 0 Å². The SMILES string of the molecule is COc1cc(-c2cnn3cc(C(C)(C)CO)ccc23)cc(OC(F)F)c1C(=O)C(=N)[C@@H]1C[C@@H]1F. The lowest BCUT2D eigenvalue weighted by Crippen LogP contribution is -2.22. The molecule has 3 aromatic rings. The predicted octanol–water partition coefficient (Wildman–Crippen LogP) is 4.44. The van der Waals surface area contributed by atoms with Gasteiger partial charge in [0, 0.05) is 23.1 Å². The summed E-state index contributed by atoms with van der Waals surface area (Å²) in [5.74, 6) is -2.31. The van der Waals surface area contributed by atoms with Gasteiger partial charge in [0.15, 0.2) is 0 Å². The maximum atomic E-state index is 13.4. The second-order valence-electron chi connectivity index (χ2n) is 8.88. The number of nitrogens with zero attached hydrogens (tertiary/aromatic N) is 2. The number of benzene rings is 1. The minimum atomic E-state index is -3.23. The lowest BCUT2D eigenvalue weighted by molar-refractivity contribution is -0.0501. The Morgan fingerprint density at radius 2 is 2.00 bits per heavy atom. The Morgan fingerprint density at radius 1 is 1.32 bits per heavy atom. The number of aliphatic hydroxyl groups is 1. The predicted molar refractivity (Wildman–Crippen MR) is 119 cm³/mol. The van der Waals surface area contributed by atoms with E-state index in [-0.39, 0.29) is 24.3 Å². The molecule has 0 amide bonds. The maximum absolute atomic E-state index is 13.4. The number of methoxy groups -OCH3 is 1. The third kappa shape index (κ3) is 4.25. The number of Topliss-reactive ketones (excluding diaryl/α,β-unsaturated/α-hetero) is 1. The molecule has 1 aromatic carbocycles. The van der Waals surface area contributed by atoms with Crippen molar-refractivity contribution < 1.29 is 32.5 Å². The molecular weight excluding hydrogens is 451 g/mol. The van der Waals surface area contributed by atoms with Crippen molar-refractivity contribution >= 4 is 17.0 Å². The third-order valence-corrected chi connectivity index (χ3v) is 6.06. The highest BCUT2D eigenvalue weighted by Gasteiger charge is 2.44. The average molecular weight is 475 g/mol. The molecule has 1 aliphatic rings. The number of nitrogens with one attached hydrogen (secondary N) is 1. The van der Waals surface area contributed by atoms with Crippen LogP contribution in [-0.4, -0.2) is 52.7 Å². The molecule has 0 bridgehead atoms. The largest absolute Gasteiger partial charge is 0.496 e. The lowest BCUT2D eigenvalue weighted by atomic mass is 9.87. The van der Waals surface area contributed by atoms with Crippen LogP contribution < -0.4 is 9.47 Å². The number of ether oxygens (including phenoxy) is 2. The highest BCUT2D eigenvalue weighted by molar-refractivity contribution is 6.47. The first-order valence-electron chi connectivity index (χ1n) is 10.6. The van der Waals surface area contributed by atoms with Crippen molar-refractivity contribution in [1.29, 1.82) is 5.41 Å². The molecule has 10 heteroatoms. The number of carbonyl (C=O) groups excluding carboxylic acids is 1. The Labute approximate surface area is 193 Å². The summed E-state index contributed by atoms with van der Waals surface area (Å²) in [5.41, 5.74) is 1.11. The van der Waals surface area contributed by atoms with Crippen LogP contribution in [0.3, 0.4) is 0 Å². The molecule has 1 fully saturated rings. The van der Waals surface area contributed by atoms with Gasteiger partial charge in [0.2, 0.25) is 5.78 Å². The molecule has 4 rings (SSSR count). The average Bonchev–Trinajstić information content (AvgIpc) is 3.38. The molecule has 0 unspecified atom stereocenters. The lowest BCUT2D eigenvalue weighted by Gasteiger charge is -2.22. The first-order valence-corrected chi connectivity index (χ1v) is 10.6. The van der Waals surface area contributed by atoms with Crippen molar-refractivity contribution in [2.45, 2.75) is 38.5 Å². The Balaban J connectivity index is 1.82. The number of halogens is 3. The van der Waals surface area contributed by atoms with Crippen LogP contribution in [0.2, 0.25) is 0 Å². The fraction of sp³-hybridized carbons (Fsp3) is 0.375. The number of aromatic nitrogens is 2. The normalized spacial score (nSPS) is 17.8. The number of rotatable bonds is 9. The Kier molecular flexibility index (Phi) is 6.11. The van der Waals surface area contributed by atoms with E-state index in [1.165, 1.54) is 25.4 Å². The number of aliphatic hydroxyl groups excluding tert-OH is 1. The zero-order chi connectivity index (χ0) is 24.8.